The molecule has 2 heterocycles. The summed E-state index contributed by atoms with van der Waals surface area (Å²) in [5, 5.41) is 2.88. The summed E-state index contributed by atoms with van der Waals surface area (Å²) in [5.41, 5.74) is 3.49. The number of para-hydroxylation sites is 1. The number of carbonyl (C=O) groups excluding carboxylic acids is 2. The fourth-order valence-electron chi connectivity index (χ4n) is 3.12. The summed E-state index contributed by atoms with van der Waals surface area (Å²) in [5.74, 6) is 0.106. The normalized spacial score (nSPS) is 12.5. The van der Waals surface area contributed by atoms with Crippen LogP contribution in [0.15, 0.2) is 60.8 Å². The number of ether oxygens (including phenoxy) is 1. The molecule has 6 heteroatoms. The van der Waals surface area contributed by atoms with Gasteiger partial charge in [-0.2, -0.15) is 0 Å². The molecular formula is C22H19N3O3. The van der Waals surface area contributed by atoms with Crippen LogP contribution in [0.3, 0.4) is 0 Å². The van der Waals surface area contributed by atoms with Crippen LogP contribution >= 0.6 is 0 Å². The van der Waals surface area contributed by atoms with E-state index < -0.39 is 0 Å². The summed E-state index contributed by atoms with van der Waals surface area (Å²) in [6.07, 6.45) is 1.57. The molecule has 1 aliphatic rings. The van der Waals surface area contributed by atoms with E-state index in [9.17, 15) is 9.59 Å². The van der Waals surface area contributed by atoms with Gasteiger partial charge < -0.3 is 10.1 Å². The molecule has 0 bridgehead atoms. The van der Waals surface area contributed by atoms with Crippen LogP contribution in [0.5, 0.6) is 11.6 Å². The van der Waals surface area contributed by atoms with Crippen molar-refractivity contribution >= 4 is 23.2 Å². The van der Waals surface area contributed by atoms with Gasteiger partial charge in [-0.05, 0) is 55.3 Å². The van der Waals surface area contributed by atoms with Crippen LogP contribution in [0.1, 0.15) is 21.5 Å². The Balaban J connectivity index is 1.70. The van der Waals surface area contributed by atoms with Gasteiger partial charge in [0.1, 0.15) is 12.1 Å². The lowest BCUT2D eigenvalue weighted by molar-refractivity contribution is -0.114. The van der Waals surface area contributed by atoms with E-state index in [1.165, 1.54) is 4.90 Å². The van der Waals surface area contributed by atoms with Gasteiger partial charge in [-0.15, -0.1) is 0 Å². The third-order valence-corrected chi connectivity index (χ3v) is 4.58. The standard InChI is InChI=1S/C22H19N3O3/c1-14-9-10-19-18(12-14)25(22(27)16-7-5-11-23-21(16)28-19)13-20(26)24-17-8-4-3-6-15(17)2/h3-12H,13H2,1-2H3,(H,24,26). The van der Waals surface area contributed by atoms with Crippen molar-refractivity contribution in [3.8, 4) is 11.6 Å². The van der Waals surface area contributed by atoms with Crippen molar-refractivity contribution < 1.29 is 14.3 Å². The minimum atomic E-state index is -0.326. The molecule has 1 aliphatic heterocycles. The molecule has 3 aromatic rings. The van der Waals surface area contributed by atoms with Crippen LogP contribution in [-0.4, -0.2) is 23.3 Å². The molecule has 0 unspecified atom stereocenters. The second-order valence-corrected chi connectivity index (χ2v) is 6.68. The Kier molecular flexibility index (Phi) is 4.53. The van der Waals surface area contributed by atoms with Gasteiger partial charge in [0, 0.05) is 11.9 Å². The van der Waals surface area contributed by atoms with Gasteiger partial charge >= 0.3 is 0 Å². The largest absolute Gasteiger partial charge is 0.436 e. The van der Waals surface area contributed by atoms with Crippen LogP contribution in [-0.2, 0) is 4.79 Å². The number of aromatic nitrogens is 1. The average molecular weight is 373 g/mol. The van der Waals surface area contributed by atoms with Crippen molar-refractivity contribution in [1.29, 1.82) is 0 Å². The number of nitrogens with zero attached hydrogens (tertiary/aromatic N) is 2. The van der Waals surface area contributed by atoms with E-state index in [1.54, 1.807) is 24.4 Å². The third kappa shape index (κ3) is 3.32. The molecule has 0 fully saturated rings. The van der Waals surface area contributed by atoms with Crippen molar-refractivity contribution in [2.75, 3.05) is 16.8 Å². The lowest BCUT2D eigenvalue weighted by atomic mass is 10.1. The number of pyridine rings is 1. The van der Waals surface area contributed by atoms with Crippen molar-refractivity contribution in [2.45, 2.75) is 13.8 Å². The van der Waals surface area contributed by atoms with Gasteiger partial charge in [0.05, 0.1) is 5.69 Å². The molecular weight excluding hydrogens is 354 g/mol. The number of hydrogen-bond donors (Lipinski definition) is 1. The monoisotopic (exact) mass is 373 g/mol. The maximum absolute atomic E-state index is 13.2. The highest BCUT2D eigenvalue weighted by atomic mass is 16.5. The van der Waals surface area contributed by atoms with Gasteiger partial charge in [-0.3, -0.25) is 14.5 Å². The first-order valence-electron chi connectivity index (χ1n) is 8.94. The minimum Gasteiger partial charge on any atom is -0.436 e. The second kappa shape index (κ2) is 7.15. The Morgan fingerprint density at radius 2 is 1.93 bits per heavy atom. The topological polar surface area (TPSA) is 71.5 Å². The first kappa shape index (κ1) is 17.7. The number of aryl methyl sites for hydroxylation is 2. The van der Waals surface area contributed by atoms with E-state index >= 15 is 0 Å². The number of fused-ring (bicyclic) bond motifs is 2. The van der Waals surface area contributed by atoms with Gasteiger partial charge in [0.15, 0.2) is 5.75 Å². The zero-order valence-electron chi connectivity index (χ0n) is 15.6. The molecule has 0 atom stereocenters. The Labute approximate surface area is 162 Å². The Bertz CT molecular complexity index is 1080. The molecule has 0 radical (unpaired) electrons. The first-order chi connectivity index (χ1) is 13.5. The first-order valence-corrected chi connectivity index (χ1v) is 8.94. The number of anilines is 2. The van der Waals surface area contributed by atoms with E-state index in [-0.39, 0.29) is 24.2 Å². The van der Waals surface area contributed by atoms with E-state index in [0.29, 0.717) is 17.0 Å². The highest BCUT2D eigenvalue weighted by molar-refractivity contribution is 6.12. The number of hydrogen-bond acceptors (Lipinski definition) is 4. The number of amides is 2. The molecule has 28 heavy (non-hydrogen) atoms. The van der Waals surface area contributed by atoms with Crippen molar-refractivity contribution in [3.63, 3.8) is 0 Å². The number of nitrogens with one attached hydrogen (secondary N) is 1. The maximum atomic E-state index is 13.2. The van der Waals surface area contributed by atoms with Crippen LogP contribution in [0.25, 0.3) is 0 Å². The summed E-state index contributed by atoms with van der Waals surface area (Å²) in [4.78, 5) is 31.5. The van der Waals surface area contributed by atoms with E-state index in [2.05, 4.69) is 10.3 Å². The summed E-state index contributed by atoms with van der Waals surface area (Å²) in [7, 11) is 0. The molecule has 0 spiro atoms. The van der Waals surface area contributed by atoms with E-state index in [0.717, 1.165) is 16.8 Å². The average Bonchev–Trinajstić information content (AvgIpc) is 2.79. The van der Waals surface area contributed by atoms with Crippen LogP contribution in [0, 0.1) is 13.8 Å². The second-order valence-electron chi connectivity index (χ2n) is 6.68. The molecule has 1 aromatic heterocycles. The SMILES string of the molecule is Cc1ccc2c(c1)N(CC(=O)Nc1ccccc1C)C(=O)c1cccnc1O2. The van der Waals surface area contributed by atoms with Crippen LogP contribution in [0.4, 0.5) is 11.4 Å². The van der Waals surface area contributed by atoms with Crippen molar-refractivity contribution in [3.05, 3.63) is 77.5 Å². The minimum absolute atomic E-state index is 0.138. The quantitative estimate of drug-likeness (QED) is 0.751. The number of benzene rings is 2. The van der Waals surface area contributed by atoms with Gasteiger partial charge in [0.25, 0.3) is 5.91 Å². The Morgan fingerprint density at radius 1 is 1.11 bits per heavy atom. The molecule has 4 rings (SSSR count). The van der Waals surface area contributed by atoms with Gasteiger partial charge in [0.2, 0.25) is 11.8 Å². The fraction of sp³-hybridized carbons (Fsp3) is 0.136. The molecule has 1 N–H and O–H groups in total. The van der Waals surface area contributed by atoms with E-state index in [4.69, 9.17) is 4.74 Å². The summed E-state index contributed by atoms with van der Waals surface area (Å²) < 4.78 is 5.87. The zero-order chi connectivity index (χ0) is 19.7. The third-order valence-electron chi connectivity index (χ3n) is 4.58. The lowest BCUT2D eigenvalue weighted by Gasteiger charge is -2.22. The highest BCUT2D eigenvalue weighted by Crippen LogP contribution is 2.38. The summed E-state index contributed by atoms with van der Waals surface area (Å²) in [6, 6.07) is 16.3. The predicted molar refractivity (Wildman–Crippen MR) is 107 cm³/mol. The zero-order valence-corrected chi connectivity index (χ0v) is 15.6. The van der Waals surface area contributed by atoms with Crippen LogP contribution in [0.2, 0.25) is 0 Å². The molecule has 2 amide bonds. The Hall–Kier alpha value is -3.67. The number of carbonyl (C=O) groups is 2. The lowest BCUT2D eigenvalue weighted by Crippen LogP contribution is -2.37. The van der Waals surface area contributed by atoms with E-state index in [1.807, 2.05) is 50.2 Å². The maximum Gasteiger partial charge on any atom is 0.264 e. The molecule has 6 nitrogen and oxygen atoms in total. The van der Waals surface area contributed by atoms with Gasteiger partial charge in [-0.25, -0.2) is 4.98 Å². The molecule has 0 saturated heterocycles. The molecule has 2 aromatic carbocycles. The molecule has 140 valence electrons. The fourth-order valence-corrected chi connectivity index (χ4v) is 3.12. The van der Waals surface area contributed by atoms with Crippen molar-refractivity contribution in [1.82, 2.24) is 4.98 Å². The summed E-state index contributed by atoms with van der Waals surface area (Å²) >= 11 is 0. The van der Waals surface area contributed by atoms with Gasteiger partial charge in [-0.1, -0.05) is 24.3 Å². The van der Waals surface area contributed by atoms with Crippen molar-refractivity contribution in [2.24, 2.45) is 0 Å². The Morgan fingerprint density at radius 3 is 2.75 bits per heavy atom. The smallest absolute Gasteiger partial charge is 0.264 e. The van der Waals surface area contributed by atoms with Crippen LogP contribution < -0.4 is 15.0 Å². The molecule has 0 aliphatic carbocycles. The summed E-state index contributed by atoms with van der Waals surface area (Å²) in [6.45, 7) is 3.70. The number of rotatable bonds is 3. The molecule has 0 saturated carbocycles. The predicted octanol–water partition coefficient (Wildman–Crippen LogP) is 4.09. The highest BCUT2D eigenvalue weighted by Gasteiger charge is 2.30.